The molecule has 0 radical (unpaired) electrons. The fourth-order valence-corrected chi connectivity index (χ4v) is 2.00. The molecule has 4 heteroatoms. The van der Waals surface area contributed by atoms with Crippen molar-refractivity contribution in [2.45, 2.75) is 0 Å². The first-order valence-corrected chi connectivity index (χ1v) is 5.79. The molecule has 3 rings (SSSR count). The Morgan fingerprint density at radius 2 is 1.89 bits per heavy atom. The van der Waals surface area contributed by atoms with Crippen molar-refractivity contribution in [2.24, 2.45) is 0 Å². The zero-order valence-corrected chi connectivity index (χ0v) is 9.95. The minimum atomic E-state index is -0.989. The number of hydrogen-bond donors (Lipinski definition) is 1. The maximum atomic E-state index is 11.4. The summed E-state index contributed by atoms with van der Waals surface area (Å²) < 4.78 is 0. The lowest BCUT2D eigenvalue weighted by Crippen LogP contribution is -2.02. The average molecular weight is 250 g/mol. The fraction of sp³-hybridized carbons (Fsp3) is 0. The van der Waals surface area contributed by atoms with Gasteiger partial charge in [0.1, 0.15) is 0 Å². The predicted molar refractivity (Wildman–Crippen MR) is 71.9 cm³/mol. The van der Waals surface area contributed by atoms with E-state index in [1.807, 2.05) is 30.3 Å². The molecule has 0 saturated carbocycles. The van der Waals surface area contributed by atoms with Crippen LogP contribution in [0, 0.1) is 0 Å². The maximum absolute atomic E-state index is 11.4. The molecule has 1 N–H and O–H groups in total. The third-order valence-electron chi connectivity index (χ3n) is 2.89. The minimum Gasteiger partial charge on any atom is -0.478 e. The summed E-state index contributed by atoms with van der Waals surface area (Å²) in [6, 6.07) is 12.7. The van der Waals surface area contributed by atoms with Crippen LogP contribution in [0.4, 0.5) is 0 Å². The van der Waals surface area contributed by atoms with Crippen molar-refractivity contribution in [1.82, 2.24) is 9.97 Å². The van der Waals surface area contributed by atoms with E-state index in [1.54, 1.807) is 24.5 Å². The molecule has 0 fully saturated rings. The Morgan fingerprint density at radius 1 is 1.11 bits per heavy atom. The van der Waals surface area contributed by atoms with Crippen molar-refractivity contribution in [3.63, 3.8) is 0 Å². The van der Waals surface area contributed by atoms with Gasteiger partial charge in [0, 0.05) is 23.3 Å². The molecular formula is C15H10N2O2. The third kappa shape index (κ3) is 2.04. The molecular weight excluding hydrogens is 240 g/mol. The number of rotatable bonds is 2. The third-order valence-corrected chi connectivity index (χ3v) is 2.89. The van der Waals surface area contributed by atoms with Gasteiger partial charge < -0.3 is 5.11 Å². The van der Waals surface area contributed by atoms with Gasteiger partial charge in [-0.2, -0.15) is 0 Å². The largest absolute Gasteiger partial charge is 0.478 e. The Morgan fingerprint density at radius 3 is 2.63 bits per heavy atom. The molecule has 1 aromatic carbocycles. The van der Waals surface area contributed by atoms with Crippen LogP contribution in [0.2, 0.25) is 0 Å². The van der Waals surface area contributed by atoms with E-state index >= 15 is 0 Å². The number of carboxylic acids is 1. The number of carbonyl (C=O) groups is 1. The molecule has 19 heavy (non-hydrogen) atoms. The van der Waals surface area contributed by atoms with Crippen molar-refractivity contribution in [2.75, 3.05) is 0 Å². The van der Waals surface area contributed by atoms with Crippen LogP contribution in [0.5, 0.6) is 0 Å². The normalized spacial score (nSPS) is 10.5. The van der Waals surface area contributed by atoms with E-state index in [0.29, 0.717) is 5.69 Å². The zero-order valence-electron chi connectivity index (χ0n) is 9.95. The Bertz CT molecular complexity index is 754. The van der Waals surface area contributed by atoms with Crippen molar-refractivity contribution in [1.29, 1.82) is 0 Å². The monoisotopic (exact) mass is 250 g/mol. The molecule has 0 amide bonds. The standard InChI is InChI=1S/C15H10N2O2/c18-15(19)12-8-11-9-16-7-6-13(11)17-14(12)10-4-2-1-3-5-10/h1-9H,(H,18,19). The number of nitrogens with zero attached hydrogens (tertiary/aromatic N) is 2. The minimum absolute atomic E-state index is 0.187. The molecule has 0 saturated heterocycles. The average Bonchev–Trinajstić information content (AvgIpc) is 2.46. The van der Waals surface area contributed by atoms with Crippen molar-refractivity contribution in [3.05, 3.63) is 60.4 Å². The lowest BCUT2D eigenvalue weighted by Gasteiger charge is -2.07. The van der Waals surface area contributed by atoms with Gasteiger partial charge in [-0.1, -0.05) is 30.3 Å². The van der Waals surface area contributed by atoms with E-state index < -0.39 is 5.97 Å². The van der Waals surface area contributed by atoms with Crippen LogP contribution < -0.4 is 0 Å². The number of pyridine rings is 2. The lowest BCUT2D eigenvalue weighted by molar-refractivity contribution is 0.0697. The predicted octanol–water partition coefficient (Wildman–Crippen LogP) is 3.00. The fourth-order valence-electron chi connectivity index (χ4n) is 2.00. The molecule has 0 aliphatic heterocycles. The van der Waals surface area contributed by atoms with Crippen LogP contribution in [0.25, 0.3) is 22.2 Å². The summed E-state index contributed by atoms with van der Waals surface area (Å²) >= 11 is 0. The molecule has 2 aromatic heterocycles. The Labute approximate surface area is 109 Å². The van der Waals surface area contributed by atoms with Crippen molar-refractivity contribution < 1.29 is 9.90 Å². The summed E-state index contributed by atoms with van der Waals surface area (Å²) in [4.78, 5) is 19.8. The first-order valence-electron chi connectivity index (χ1n) is 5.79. The van der Waals surface area contributed by atoms with E-state index in [4.69, 9.17) is 0 Å². The van der Waals surface area contributed by atoms with E-state index in [2.05, 4.69) is 9.97 Å². The zero-order chi connectivity index (χ0) is 13.2. The van der Waals surface area contributed by atoms with Crippen molar-refractivity contribution in [3.8, 4) is 11.3 Å². The van der Waals surface area contributed by atoms with Crippen LogP contribution in [0.15, 0.2) is 54.9 Å². The second kappa shape index (κ2) is 4.49. The van der Waals surface area contributed by atoms with Crippen LogP contribution in [-0.2, 0) is 0 Å². The van der Waals surface area contributed by atoms with Crippen molar-refractivity contribution >= 4 is 16.9 Å². The quantitative estimate of drug-likeness (QED) is 0.759. The molecule has 2 heterocycles. The van der Waals surface area contributed by atoms with Gasteiger partial charge in [-0.25, -0.2) is 9.78 Å². The summed E-state index contributed by atoms with van der Waals surface area (Å²) in [7, 11) is 0. The second-order valence-electron chi connectivity index (χ2n) is 4.12. The van der Waals surface area contributed by atoms with Gasteiger partial charge >= 0.3 is 5.97 Å². The number of aromatic nitrogens is 2. The van der Waals surface area contributed by atoms with Crippen LogP contribution in [0.1, 0.15) is 10.4 Å². The molecule has 0 bridgehead atoms. The molecule has 92 valence electrons. The smallest absolute Gasteiger partial charge is 0.337 e. The highest BCUT2D eigenvalue weighted by Crippen LogP contribution is 2.25. The van der Waals surface area contributed by atoms with Gasteiger partial charge in [-0.05, 0) is 12.1 Å². The Balaban J connectivity index is 2.33. The highest BCUT2D eigenvalue weighted by molar-refractivity contribution is 5.99. The topological polar surface area (TPSA) is 63.1 Å². The SMILES string of the molecule is O=C(O)c1cc2cnccc2nc1-c1ccccc1. The number of hydrogen-bond acceptors (Lipinski definition) is 3. The molecule has 0 aliphatic rings. The summed E-state index contributed by atoms with van der Waals surface area (Å²) in [5.41, 5.74) is 2.19. The lowest BCUT2D eigenvalue weighted by atomic mass is 10.0. The first kappa shape index (κ1) is 11.3. The van der Waals surface area contributed by atoms with Gasteiger partial charge in [0.2, 0.25) is 0 Å². The molecule has 0 spiro atoms. The van der Waals surface area contributed by atoms with Crippen LogP contribution in [0.3, 0.4) is 0 Å². The maximum Gasteiger partial charge on any atom is 0.337 e. The number of fused-ring (bicyclic) bond motifs is 1. The summed E-state index contributed by atoms with van der Waals surface area (Å²) in [6.45, 7) is 0. The van der Waals surface area contributed by atoms with Gasteiger partial charge in [0.25, 0.3) is 0 Å². The molecule has 0 aliphatic carbocycles. The van der Waals surface area contributed by atoms with Gasteiger partial charge in [-0.15, -0.1) is 0 Å². The second-order valence-corrected chi connectivity index (χ2v) is 4.12. The van der Waals surface area contributed by atoms with Crippen LogP contribution >= 0.6 is 0 Å². The van der Waals surface area contributed by atoms with Crippen LogP contribution in [-0.4, -0.2) is 21.0 Å². The first-order chi connectivity index (χ1) is 9.25. The van der Waals surface area contributed by atoms with E-state index in [1.165, 1.54) is 0 Å². The molecule has 4 nitrogen and oxygen atoms in total. The number of carboxylic acid groups (broad SMARTS) is 1. The van der Waals surface area contributed by atoms with Gasteiger partial charge in [0.05, 0.1) is 16.8 Å². The van der Waals surface area contributed by atoms with E-state index in [9.17, 15) is 9.90 Å². The highest BCUT2D eigenvalue weighted by atomic mass is 16.4. The highest BCUT2D eigenvalue weighted by Gasteiger charge is 2.14. The Kier molecular flexibility index (Phi) is 2.68. The molecule has 0 atom stereocenters. The molecule has 0 unspecified atom stereocenters. The van der Waals surface area contributed by atoms with E-state index in [-0.39, 0.29) is 5.56 Å². The summed E-state index contributed by atoms with van der Waals surface area (Å²) in [6.07, 6.45) is 3.26. The Hall–Kier alpha value is -2.75. The van der Waals surface area contributed by atoms with Gasteiger partial charge in [-0.3, -0.25) is 4.98 Å². The van der Waals surface area contributed by atoms with Gasteiger partial charge in [0.15, 0.2) is 0 Å². The summed E-state index contributed by atoms with van der Waals surface area (Å²) in [5, 5.41) is 10.0. The van der Waals surface area contributed by atoms with E-state index in [0.717, 1.165) is 16.5 Å². The number of aromatic carboxylic acids is 1. The summed E-state index contributed by atoms with van der Waals surface area (Å²) in [5.74, 6) is -0.989. The molecule has 3 aromatic rings. The number of benzene rings is 1.